The molecule has 20 heavy (non-hydrogen) atoms. The Balaban J connectivity index is 2.63. The van der Waals surface area contributed by atoms with Crippen LogP contribution in [0.5, 0.6) is 0 Å². The highest BCUT2D eigenvalue weighted by Crippen LogP contribution is 2.66. The molecule has 0 saturated carbocycles. The Bertz CT molecular complexity index is 584. The minimum Gasteiger partial charge on any atom is -0.302 e. The van der Waals surface area contributed by atoms with E-state index < -0.39 is 23.5 Å². The molecule has 0 fully saturated rings. The van der Waals surface area contributed by atoms with Crippen molar-refractivity contribution in [1.82, 2.24) is 0 Å². The number of para-hydroxylation sites is 1. The molecular formula is C6H10NO10P3. The second-order valence-electron chi connectivity index (χ2n) is 3.15. The molecule has 0 bridgehead atoms. The van der Waals surface area contributed by atoms with Gasteiger partial charge in [-0.1, -0.05) is 18.2 Å². The molecule has 0 radical (unpaired) electrons. The summed E-state index contributed by atoms with van der Waals surface area (Å²) in [6, 6.07) is 7.64. The molecule has 11 nitrogen and oxygen atoms in total. The summed E-state index contributed by atoms with van der Waals surface area (Å²) in [5, 5.41) is 0. The summed E-state index contributed by atoms with van der Waals surface area (Å²) in [5.74, 6) is 0. The van der Waals surface area contributed by atoms with Gasteiger partial charge in [-0.3, -0.25) is 5.48 Å². The quantitative estimate of drug-likeness (QED) is 0.355. The van der Waals surface area contributed by atoms with Gasteiger partial charge in [0, 0.05) is 0 Å². The summed E-state index contributed by atoms with van der Waals surface area (Å²) in [7, 11) is -16.1. The number of benzene rings is 1. The van der Waals surface area contributed by atoms with Gasteiger partial charge in [0.25, 0.3) is 0 Å². The Labute approximate surface area is 112 Å². The Hall–Kier alpha value is -0.570. The Kier molecular flexibility index (Phi) is 5.65. The first-order valence-electron chi connectivity index (χ1n) is 4.63. The van der Waals surface area contributed by atoms with Gasteiger partial charge in [0.15, 0.2) is 0 Å². The summed E-state index contributed by atoms with van der Waals surface area (Å²) in [6.07, 6.45) is 0. The first kappa shape index (κ1) is 17.5. The lowest BCUT2D eigenvalue weighted by molar-refractivity contribution is 0.190. The van der Waals surface area contributed by atoms with E-state index >= 15 is 0 Å². The van der Waals surface area contributed by atoms with Crippen LogP contribution in [0.4, 0.5) is 5.69 Å². The number of phosphoric acid groups is 3. The van der Waals surface area contributed by atoms with Crippen molar-refractivity contribution in [3.63, 3.8) is 0 Å². The Morgan fingerprint density at radius 2 is 1.40 bits per heavy atom. The largest absolute Gasteiger partial charge is 0.502 e. The summed E-state index contributed by atoms with van der Waals surface area (Å²) >= 11 is 0. The molecule has 0 aliphatic heterocycles. The smallest absolute Gasteiger partial charge is 0.302 e. The van der Waals surface area contributed by atoms with Crippen molar-refractivity contribution in [2.75, 3.05) is 5.48 Å². The van der Waals surface area contributed by atoms with Gasteiger partial charge in [-0.05, 0) is 12.1 Å². The van der Waals surface area contributed by atoms with Crippen molar-refractivity contribution in [2.45, 2.75) is 0 Å². The average molecular weight is 349 g/mol. The van der Waals surface area contributed by atoms with Crippen LogP contribution in [-0.2, 0) is 26.9 Å². The Morgan fingerprint density at radius 3 is 1.90 bits per heavy atom. The van der Waals surface area contributed by atoms with E-state index in [2.05, 4.69) is 13.2 Å². The lowest BCUT2D eigenvalue weighted by Crippen LogP contribution is -2.02. The standard InChI is InChI=1S/C6H10NO10P3/c8-18(9,10)16-20(13,14)17-19(11,12)15-7-6-4-2-1-3-5-6/h1-5,7H,(H,11,12)(H,13,14)(H2,8,9,10). The van der Waals surface area contributed by atoms with Gasteiger partial charge in [0.05, 0.1) is 5.69 Å². The highest BCUT2D eigenvalue weighted by atomic mass is 31.3. The molecule has 0 heterocycles. The molecule has 2 unspecified atom stereocenters. The highest BCUT2D eigenvalue weighted by Gasteiger charge is 2.41. The average Bonchev–Trinajstić information content (AvgIpc) is 2.23. The zero-order valence-corrected chi connectivity index (χ0v) is 12.2. The van der Waals surface area contributed by atoms with E-state index in [1.807, 2.05) is 5.48 Å². The van der Waals surface area contributed by atoms with E-state index in [1.54, 1.807) is 18.2 Å². The van der Waals surface area contributed by atoms with Crippen LogP contribution in [0.2, 0.25) is 0 Å². The molecule has 14 heteroatoms. The van der Waals surface area contributed by atoms with Crippen LogP contribution in [0.3, 0.4) is 0 Å². The van der Waals surface area contributed by atoms with Crippen LogP contribution in [0.1, 0.15) is 0 Å². The molecule has 1 aromatic carbocycles. The van der Waals surface area contributed by atoms with E-state index in [-0.39, 0.29) is 5.69 Å². The van der Waals surface area contributed by atoms with E-state index in [9.17, 15) is 13.7 Å². The minimum absolute atomic E-state index is 0.217. The van der Waals surface area contributed by atoms with Crippen molar-refractivity contribution in [3.8, 4) is 0 Å². The third kappa shape index (κ3) is 7.28. The maximum Gasteiger partial charge on any atom is 0.502 e. The van der Waals surface area contributed by atoms with E-state index in [0.29, 0.717) is 0 Å². The van der Waals surface area contributed by atoms with E-state index in [4.69, 9.17) is 19.6 Å². The molecule has 0 aliphatic rings. The number of nitrogens with one attached hydrogen (secondary N) is 1. The van der Waals surface area contributed by atoms with Crippen LogP contribution in [0.15, 0.2) is 30.3 Å². The van der Waals surface area contributed by atoms with Crippen LogP contribution in [0.25, 0.3) is 0 Å². The number of rotatable bonds is 7. The fourth-order valence-corrected chi connectivity index (χ4v) is 3.77. The van der Waals surface area contributed by atoms with E-state index in [1.165, 1.54) is 12.1 Å². The van der Waals surface area contributed by atoms with Gasteiger partial charge in [0.2, 0.25) is 0 Å². The molecule has 1 aromatic rings. The highest BCUT2D eigenvalue weighted by molar-refractivity contribution is 7.66. The summed E-state index contributed by atoms with van der Waals surface area (Å²) in [4.78, 5) is 34.6. The predicted molar refractivity (Wildman–Crippen MR) is 65.0 cm³/mol. The van der Waals surface area contributed by atoms with Crippen LogP contribution < -0.4 is 5.48 Å². The van der Waals surface area contributed by atoms with Crippen molar-refractivity contribution < 1.29 is 46.5 Å². The third-order valence-corrected chi connectivity index (χ3v) is 5.12. The maximum atomic E-state index is 11.3. The molecule has 1 rings (SSSR count). The summed E-state index contributed by atoms with van der Waals surface area (Å²) < 4.78 is 43.8. The molecule has 0 spiro atoms. The van der Waals surface area contributed by atoms with Gasteiger partial charge in [-0.2, -0.15) is 13.2 Å². The molecule has 0 aliphatic carbocycles. The summed E-state index contributed by atoms with van der Waals surface area (Å²) in [6.45, 7) is 0. The molecular weight excluding hydrogens is 339 g/mol. The second kappa shape index (κ2) is 6.46. The van der Waals surface area contributed by atoms with Gasteiger partial charge < -0.3 is 19.6 Å². The molecule has 0 saturated heterocycles. The van der Waals surface area contributed by atoms with Gasteiger partial charge in [-0.15, -0.1) is 0 Å². The molecule has 114 valence electrons. The first-order chi connectivity index (χ1) is 8.99. The topological polar surface area (TPSA) is 172 Å². The lowest BCUT2D eigenvalue weighted by atomic mass is 10.3. The van der Waals surface area contributed by atoms with Crippen molar-refractivity contribution in [2.24, 2.45) is 0 Å². The fourth-order valence-electron chi connectivity index (χ4n) is 0.913. The zero-order chi connectivity index (χ0) is 15.4. The molecule has 5 N–H and O–H groups in total. The van der Waals surface area contributed by atoms with Gasteiger partial charge in [-0.25, -0.2) is 13.7 Å². The van der Waals surface area contributed by atoms with Crippen LogP contribution >= 0.6 is 23.5 Å². The SMILES string of the molecule is O=P(O)(O)OP(=O)(O)OP(=O)(O)ONc1ccccc1. The van der Waals surface area contributed by atoms with Crippen molar-refractivity contribution >= 4 is 29.2 Å². The normalized spacial score (nSPS) is 18.0. The molecule has 0 aromatic heterocycles. The van der Waals surface area contributed by atoms with Crippen LogP contribution in [-0.4, -0.2) is 19.6 Å². The van der Waals surface area contributed by atoms with Gasteiger partial charge in [0.1, 0.15) is 0 Å². The third-order valence-electron chi connectivity index (χ3n) is 1.47. The maximum absolute atomic E-state index is 11.3. The van der Waals surface area contributed by atoms with E-state index in [0.717, 1.165) is 0 Å². The number of hydrogen-bond acceptors (Lipinski definition) is 7. The fraction of sp³-hybridized carbons (Fsp3) is 0. The lowest BCUT2D eigenvalue weighted by Gasteiger charge is -2.16. The molecule has 0 amide bonds. The predicted octanol–water partition coefficient (Wildman–Crippen LogP) is 1.36. The number of hydrogen-bond donors (Lipinski definition) is 5. The second-order valence-corrected chi connectivity index (χ2v) is 7.49. The zero-order valence-electron chi connectivity index (χ0n) is 9.47. The monoisotopic (exact) mass is 349 g/mol. The van der Waals surface area contributed by atoms with Crippen molar-refractivity contribution in [3.05, 3.63) is 30.3 Å². The van der Waals surface area contributed by atoms with Gasteiger partial charge >= 0.3 is 23.5 Å². The Morgan fingerprint density at radius 1 is 0.850 bits per heavy atom. The van der Waals surface area contributed by atoms with Crippen LogP contribution in [0, 0.1) is 0 Å². The minimum atomic E-state index is -5.50. The molecule has 2 atom stereocenters. The van der Waals surface area contributed by atoms with Crippen molar-refractivity contribution in [1.29, 1.82) is 0 Å². The first-order valence-corrected chi connectivity index (χ1v) is 9.15. The number of anilines is 1. The summed E-state index contributed by atoms with van der Waals surface area (Å²) in [5.41, 5.74) is 2.17.